The van der Waals surface area contributed by atoms with Gasteiger partial charge in [0.25, 0.3) is 5.91 Å². The van der Waals surface area contributed by atoms with E-state index in [1.54, 1.807) is 13.0 Å². The summed E-state index contributed by atoms with van der Waals surface area (Å²) in [5.41, 5.74) is 3.96. The Morgan fingerprint density at radius 1 is 1.05 bits per heavy atom. The van der Waals surface area contributed by atoms with Crippen molar-refractivity contribution in [2.45, 2.75) is 33.8 Å². The first-order valence-corrected chi connectivity index (χ1v) is 7.55. The summed E-state index contributed by atoms with van der Waals surface area (Å²) in [4.78, 5) is 12.2. The highest BCUT2D eigenvalue weighted by Gasteiger charge is 2.15. The molecule has 0 saturated heterocycles. The fourth-order valence-electron chi connectivity index (χ4n) is 1.96. The molecular weight excluding hydrogens is 298 g/mol. The van der Waals surface area contributed by atoms with Crippen molar-refractivity contribution >= 4 is 23.2 Å². The third kappa shape index (κ3) is 4.01. The topological polar surface area (TPSA) is 38.3 Å². The summed E-state index contributed by atoms with van der Waals surface area (Å²) in [6, 6.07) is 11.2. The first kappa shape index (κ1) is 16.4. The van der Waals surface area contributed by atoms with E-state index < -0.39 is 6.10 Å². The van der Waals surface area contributed by atoms with Gasteiger partial charge in [0.2, 0.25) is 0 Å². The van der Waals surface area contributed by atoms with Gasteiger partial charge in [-0.2, -0.15) is 0 Å². The first-order chi connectivity index (χ1) is 10.4. The SMILES string of the molecule is Cc1ccc(OC(C)C(=O)Nc2ccc(C)c(Cl)c2)cc1C. The molecule has 1 atom stereocenters. The molecule has 0 heterocycles. The lowest BCUT2D eigenvalue weighted by atomic mass is 10.1. The Bertz CT molecular complexity index is 697. The summed E-state index contributed by atoms with van der Waals surface area (Å²) < 4.78 is 5.69. The fraction of sp³-hybridized carbons (Fsp3) is 0.278. The van der Waals surface area contributed by atoms with Crippen LogP contribution in [0.5, 0.6) is 5.75 Å². The Balaban J connectivity index is 2.02. The molecule has 0 bridgehead atoms. The number of ether oxygens (including phenoxy) is 1. The van der Waals surface area contributed by atoms with E-state index in [-0.39, 0.29) is 5.91 Å². The molecule has 2 rings (SSSR count). The normalized spacial score (nSPS) is 11.9. The zero-order chi connectivity index (χ0) is 16.3. The van der Waals surface area contributed by atoms with Crippen LogP contribution in [0.25, 0.3) is 0 Å². The van der Waals surface area contributed by atoms with Crippen LogP contribution < -0.4 is 10.1 Å². The van der Waals surface area contributed by atoms with Crippen LogP contribution in [0.3, 0.4) is 0 Å². The quantitative estimate of drug-likeness (QED) is 0.889. The molecule has 1 unspecified atom stereocenters. The van der Waals surface area contributed by atoms with Gasteiger partial charge in [-0.15, -0.1) is 0 Å². The van der Waals surface area contributed by atoms with Gasteiger partial charge in [0.1, 0.15) is 5.75 Å². The van der Waals surface area contributed by atoms with Crippen molar-refractivity contribution in [3.63, 3.8) is 0 Å². The van der Waals surface area contributed by atoms with Crippen molar-refractivity contribution in [3.05, 3.63) is 58.1 Å². The Morgan fingerprint density at radius 2 is 1.73 bits per heavy atom. The van der Waals surface area contributed by atoms with Gasteiger partial charge in [-0.3, -0.25) is 4.79 Å². The number of carbonyl (C=O) groups is 1. The Kier molecular flexibility index (Phi) is 5.09. The van der Waals surface area contributed by atoms with Crippen molar-refractivity contribution in [1.29, 1.82) is 0 Å². The summed E-state index contributed by atoms with van der Waals surface area (Å²) in [7, 11) is 0. The van der Waals surface area contributed by atoms with Crippen LogP contribution in [0.1, 0.15) is 23.6 Å². The molecule has 0 aliphatic heterocycles. The number of benzene rings is 2. The average Bonchev–Trinajstić information content (AvgIpc) is 2.46. The zero-order valence-electron chi connectivity index (χ0n) is 13.2. The zero-order valence-corrected chi connectivity index (χ0v) is 14.0. The monoisotopic (exact) mass is 317 g/mol. The van der Waals surface area contributed by atoms with Gasteiger partial charge < -0.3 is 10.1 Å². The molecule has 0 fully saturated rings. The number of hydrogen-bond donors (Lipinski definition) is 1. The van der Waals surface area contributed by atoms with E-state index in [2.05, 4.69) is 5.32 Å². The molecule has 2 aromatic rings. The number of amides is 1. The molecule has 0 radical (unpaired) electrons. The molecular formula is C18H20ClNO2. The van der Waals surface area contributed by atoms with Gasteiger partial charge in [0.05, 0.1) is 0 Å². The van der Waals surface area contributed by atoms with Gasteiger partial charge in [-0.1, -0.05) is 23.7 Å². The van der Waals surface area contributed by atoms with Gasteiger partial charge in [0, 0.05) is 10.7 Å². The van der Waals surface area contributed by atoms with E-state index in [0.717, 1.165) is 11.1 Å². The molecule has 0 aromatic heterocycles. The number of anilines is 1. The maximum absolute atomic E-state index is 12.2. The van der Waals surface area contributed by atoms with Gasteiger partial charge in [-0.25, -0.2) is 0 Å². The second-order valence-corrected chi connectivity index (χ2v) is 5.87. The molecule has 116 valence electrons. The second-order valence-electron chi connectivity index (χ2n) is 5.46. The molecule has 1 amide bonds. The van der Waals surface area contributed by atoms with Crippen molar-refractivity contribution in [3.8, 4) is 5.75 Å². The third-order valence-corrected chi connectivity index (χ3v) is 4.01. The van der Waals surface area contributed by atoms with Crippen LogP contribution in [0.4, 0.5) is 5.69 Å². The molecule has 22 heavy (non-hydrogen) atoms. The van der Waals surface area contributed by atoms with Crippen molar-refractivity contribution in [2.24, 2.45) is 0 Å². The van der Waals surface area contributed by atoms with Crippen LogP contribution in [0.2, 0.25) is 5.02 Å². The maximum Gasteiger partial charge on any atom is 0.265 e. The summed E-state index contributed by atoms with van der Waals surface area (Å²) in [6.45, 7) is 7.69. The van der Waals surface area contributed by atoms with E-state index in [0.29, 0.717) is 16.5 Å². The number of nitrogens with one attached hydrogen (secondary N) is 1. The molecule has 1 N–H and O–H groups in total. The van der Waals surface area contributed by atoms with Gasteiger partial charge in [-0.05, 0) is 68.7 Å². The number of rotatable bonds is 4. The lowest BCUT2D eigenvalue weighted by molar-refractivity contribution is -0.122. The highest BCUT2D eigenvalue weighted by Crippen LogP contribution is 2.21. The molecule has 3 nitrogen and oxygen atoms in total. The number of aryl methyl sites for hydroxylation is 3. The highest BCUT2D eigenvalue weighted by molar-refractivity contribution is 6.31. The largest absolute Gasteiger partial charge is 0.481 e. The van der Waals surface area contributed by atoms with Crippen LogP contribution in [0, 0.1) is 20.8 Å². The van der Waals surface area contributed by atoms with Crippen LogP contribution in [-0.4, -0.2) is 12.0 Å². The van der Waals surface area contributed by atoms with E-state index in [1.165, 1.54) is 5.56 Å². The smallest absolute Gasteiger partial charge is 0.265 e. The minimum atomic E-state index is -0.595. The van der Waals surface area contributed by atoms with Crippen LogP contribution >= 0.6 is 11.6 Å². The number of hydrogen-bond acceptors (Lipinski definition) is 2. The molecule has 4 heteroatoms. The summed E-state index contributed by atoms with van der Waals surface area (Å²) in [6.07, 6.45) is -0.595. The van der Waals surface area contributed by atoms with Gasteiger partial charge >= 0.3 is 0 Å². The highest BCUT2D eigenvalue weighted by atomic mass is 35.5. The van der Waals surface area contributed by atoms with Crippen molar-refractivity contribution in [1.82, 2.24) is 0 Å². The predicted octanol–water partition coefficient (Wildman–Crippen LogP) is 4.67. The summed E-state index contributed by atoms with van der Waals surface area (Å²) in [5, 5.41) is 3.43. The second kappa shape index (κ2) is 6.84. The molecule has 0 saturated carbocycles. The Labute approximate surface area is 136 Å². The van der Waals surface area contributed by atoms with E-state index in [9.17, 15) is 4.79 Å². The Morgan fingerprint density at radius 3 is 2.36 bits per heavy atom. The lowest BCUT2D eigenvalue weighted by Gasteiger charge is -2.16. The molecule has 2 aromatic carbocycles. The van der Waals surface area contributed by atoms with E-state index >= 15 is 0 Å². The van der Waals surface area contributed by atoms with E-state index in [1.807, 2.05) is 51.1 Å². The van der Waals surface area contributed by atoms with Crippen LogP contribution in [0.15, 0.2) is 36.4 Å². The lowest BCUT2D eigenvalue weighted by Crippen LogP contribution is -2.30. The standard InChI is InChI=1S/C18H20ClNO2/c1-11-6-8-16(9-13(11)3)22-14(4)18(21)20-15-7-5-12(2)17(19)10-15/h5-10,14H,1-4H3,(H,20,21). The van der Waals surface area contributed by atoms with Crippen LogP contribution in [-0.2, 0) is 4.79 Å². The third-order valence-electron chi connectivity index (χ3n) is 3.60. The molecule has 0 spiro atoms. The minimum Gasteiger partial charge on any atom is -0.481 e. The average molecular weight is 318 g/mol. The number of carbonyl (C=O) groups excluding carboxylic acids is 1. The molecule has 0 aliphatic carbocycles. The summed E-state index contributed by atoms with van der Waals surface area (Å²) in [5.74, 6) is 0.478. The minimum absolute atomic E-state index is 0.210. The Hall–Kier alpha value is -2.00. The van der Waals surface area contributed by atoms with Crippen molar-refractivity contribution in [2.75, 3.05) is 5.32 Å². The fourth-order valence-corrected chi connectivity index (χ4v) is 2.14. The van der Waals surface area contributed by atoms with Crippen molar-refractivity contribution < 1.29 is 9.53 Å². The summed E-state index contributed by atoms with van der Waals surface area (Å²) >= 11 is 6.06. The predicted molar refractivity (Wildman–Crippen MR) is 90.8 cm³/mol. The molecule has 0 aliphatic rings. The first-order valence-electron chi connectivity index (χ1n) is 7.18. The maximum atomic E-state index is 12.2. The number of halogens is 1. The van der Waals surface area contributed by atoms with Gasteiger partial charge in [0.15, 0.2) is 6.10 Å². The van der Waals surface area contributed by atoms with E-state index in [4.69, 9.17) is 16.3 Å².